The van der Waals surface area contributed by atoms with Gasteiger partial charge in [-0.2, -0.15) is 9.40 Å². The second kappa shape index (κ2) is 5.19. The number of sulfonamides is 1. The molecule has 1 fully saturated rings. The molecular formula is C11H18ClN3O2S. The molecule has 0 bridgehead atoms. The van der Waals surface area contributed by atoms with Crippen molar-refractivity contribution >= 4 is 21.6 Å². The molecule has 7 heteroatoms. The summed E-state index contributed by atoms with van der Waals surface area (Å²) < 4.78 is 28.3. The van der Waals surface area contributed by atoms with Crippen molar-refractivity contribution in [1.29, 1.82) is 0 Å². The topological polar surface area (TPSA) is 55.2 Å². The average Bonchev–Trinajstić information content (AvgIpc) is 2.89. The van der Waals surface area contributed by atoms with Crippen molar-refractivity contribution in [3.8, 4) is 0 Å². The van der Waals surface area contributed by atoms with Crippen LogP contribution in [0.5, 0.6) is 0 Å². The van der Waals surface area contributed by atoms with E-state index in [1.54, 1.807) is 22.8 Å². The summed E-state index contributed by atoms with van der Waals surface area (Å²) in [5.74, 6) is 0.422. The Morgan fingerprint density at radius 2 is 1.89 bits per heavy atom. The molecule has 0 aliphatic carbocycles. The molecule has 1 saturated heterocycles. The molecule has 5 nitrogen and oxygen atoms in total. The highest BCUT2D eigenvalue weighted by atomic mass is 35.5. The van der Waals surface area contributed by atoms with Gasteiger partial charge in [0.15, 0.2) is 0 Å². The van der Waals surface area contributed by atoms with Crippen molar-refractivity contribution in [2.45, 2.75) is 38.1 Å². The third-order valence-corrected chi connectivity index (χ3v) is 5.60. The van der Waals surface area contributed by atoms with Crippen LogP contribution in [0.1, 0.15) is 24.2 Å². The normalized spacial score (nSPS) is 17.5. The molecule has 1 aliphatic heterocycles. The summed E-state index contributed by atoms with van der Waals surface area (Å²) in [7, 11) is -3.39. The maximum atomic E-state index is 12.5. The molecule has 0 amide bonds. The third kappa shape index (κ3) is 2.29. The second-order valence-electron chi connectivity index (χ2n) is 4.52. The highest BCUT2D eigenvalue weighted by molar-refractivity contribution is 7.89. The van der Waals surface area contributed by atoms with Crippen molar-refractivity contribution in [2.75, 3.05) is 19.0 Å². The van der Waals surface area contributed by atoms with Crippen LogP contribution < -0.4 is 0 Å². The fourth-order valence-corrected chi connectivity index (χ4v) is 4.46. The van der Waals surface area contributed by atoms with Crippen molar-refractivity contribution in [3.63, 3.8) is 0 Å². The van der Waals surface area contributed by atoms with Crippen LogP contribution in [0.2, 0.25) is 0 Å². The van der Waals surface area contributed by atoms with Crippen LogP contribution >= 0.6 is 11.6 Å². The fourth-order valence-electron chi connectivity index (χ4n) is 2.41. The molecule has 0 unspecified atom stereocenters. The van der Waals surface area contributed by atoms with Gasteiger partial charge >= 0.3 is 0 Å². The summed E-state index contributed by atoms with van der Waals surface area (Å²) in [4.78, 5) is 0.356. The van der Waals surface area contributed by atoms with E-state index in [1.807, 2.05) is 0 Å². The van der Waals surface area contributed by atoms with Crippen molar-refractivity contribution in [3.05, 3.63) is 11.4 Å². The second-order valence-corrected chi connectivity index (χ2v) is 6.78. The van der Waals surface area contributed by atoms with Gasteiger partial charge in [-0.25, -0.2) is 8.42 Å². The van der Waals surface area contributed by atoms with Gasteiger partial charge in [-0.15, -0.1) is 11.6 Å². The van der Waals surface area contributed by atoms with Gasteiger partial charge in [0.2, 0.25) is 10.0 Å². The van der Waals surface area contributed by atoms with Crippen LogP contribution in [0, 0.1) is 13.8 Å². The first-order valence-electron chi connectivity index (χ1n) is 6.08. The van der Waals surface area contributed by atoms with Crippen molar-refractivity contribution in [1.82, 2.24) is 14.1 Å². The maximum Gasteiger partial charge on any atom is 0.246 e. The van der Waals surface area contributed by atoms with Gasteiger partial charge in [-0.1, -0.05) is 0 Å². The lowest BCUT2D eigenvalue weighted by molar-refractivity contribution is 0.476. The molecule has 0 saturated carbocycles. The quantitative estimate of drug-likeness (QED) is 0.791. The van der Waals surface area contributed by atoms with Gasteiger partial charge in [0, 0.05) is 19.0 Å². The van der Waals surface area contributed by atoms with Crippen LogP contribution in [-0.2, 0) is 16.6 Å². The van der Waals surface area contributed by atoms with Crippen molar-refractivity contribution < 1.29 is 8.42 Å². The van der Waals surface area contributed by atoms with Crippen LogP contribution in [0.25, 0.3) is 0 Å². The van der Waals surface area contributed by atoms with E-state index in [2.05, 4.69) is 5.10 Å². The third-order valence-electron chi connectivity index (χ3n) is 3.27. The zero-order chi connectivity index (χ0) is 13.3. The molecule has 1 aromatic heterocycles. The standard InChI is InChI=1S/C11H18ClN3O2S/c1-9-11(10(2)15(13-9)8-5-12)18(16,17)14-6-3-4-7-14/h3-8H2,1-2H3. The Morgan fingerprint density at radius 1 is 1.28 bits per heavy atom. The number of nitrogens with zero attached hydrogens (tertiary/aromatic N) is 3. The molecule has 1 aromatic rings. The van der Waals surface area contributed by atoms with Crippen LogP contribution in [0.15, 0.2) is 4.90 Å². The van der Waals surface area contributed by atoms with Crippen LogP contribution in [0.3, 0.4) is 0 Å². The molecule has 0 radical (unpaired) electrons. The Labute approximate surface area is 113 Å². The van der Waals surface area contributed by atoms with E-state index in [0.29, 0.717) is 41.8 Å². The van der Waals surface area contributed by atoms with Crippen molar-refractivity contribution in [2.24, 2.45) is 0 Å². The minimum absolute atomic E-state index is 0.356. The lowest BCUT2D eigenvalue weighted by Gasteiger charge is -2.15. The van der Waals surface area contributed by atoms with Gasteiger partial charge < -0.3 is 0 Å². The molecule has 18 heavy (non-hydrogen) atoms. The number of hydrogen-bond donors (Lipinski definition) is 0. The maximum absolute atomic E-state index is 12.5. The summed E-state index contributed by atoms with van der Waals surface area (Å²) in [5.41, 5.74) is 1.24. The van der Waals surface area contributed by atoms with Gasteiger partial charge in [-0.3, -0.25) is 4.68 Å². The lowest BCUT2D eigenvalue weighted by atomic mass is 10.4. The first-order chi connectivity index (χ1) is 8.48. The zero-order valence-corrected chi connectivity index (χ0v) is 12.3. The van der Waals surface area contributed by atoms with Gasteiger partial charge in [0.1, 0.15) is 4.90 Å². The predicted octanol–water partition coefficient (Wildman–Crippen LogP) is 1.52. The van der Waals surface area contributed by atoms with E-state index in [4.69, 9.17) is 11.6 Å². The van der Waals surface area contributed by atoms with E-state index in [9.17, 15) is 8.42 Å². The summed E-state index contributed by atoms with van der Waals surface area (Å²) in [6.45, 7) is 5.28. The largest absolute Gasteiger partial charge is 0.267 e. The Kier molecular flexibility index (Phi) is 3.99. The molecular weight excluding hydrogens is 274 g/mol. The smallest absolute Gasteiger partial charge is 0.246 e. The Bertz CT molecular complexity index is 533. The number of rotatable bonds is 4. The molecule has 1 aliphatic rings. The minimum Gasteiger partial charge on any atom is -0.267 e. The van der Waals surface area contributed by atoms with E-state index in [-0.39, 0.29) is 0 Å². The molecule has 0 spiro atoms. The highest BCUT2D eigenvalue weighted by Crippen LogP contribution is 2.26. The first kappa shape index (κ1) is 13.8. The van der Waals surface area contributed by atoms with Crippen LogP contribution in [-0.4, -0.2) is 41.5 Å². The molecule has 102 valence electrons. The van der Waals surface area contributed by atoms with Crippen LogP contribution in [0.4, 0.5) is 0 Å². The fraction of sp³-hybridized carbons (Fsp3) is 0.727. The van der Waals surface area contributed by atoms with E-state index < -0.39 is 10.0 Å². The summed E-state index contributed by atoms with van der Waals surface area (Å²) >= 11 is 5.69. The number of aromatic nitrogens is 2. The van der Waals surface area contributed by atoms with Gasteiger partial charge in [0.25, 0.3) is 0 Å². The monoisotopic (exact) mass is 291 g/mol. The minimum atomic E-state index is -3.39. The van der Waals surface area contributed by atoms with E-state index in [1.165, 1.54) is 0 Å². The molecule has 0 aromatic carbocycles. The highest BCUT2D eigenvalue weighted by Gasteiger charge is 2.32. The summed E-state index contributed by atoms with van der Waals surface area (Å²) in [6, 6.07) is 0. The number of halogens is 1. The average molecular weight is 292 g/mol. The summed E-state index contributed by atoms with van der Waals surface area (Å²) in [5, 5.41) is 4.26. The Hall–Kier alpha value is -0.590. The molecule has 2 rings (SSSR count). The molecule has 2 heterocycles. The van der Waals surface area contributed by atoms with E-state index >= 15 is 0 Å². The first-order valence-corrected chi connectivity index (χ1v) is 8.06. The number of aryl methyl sites for hydroxylation is 2. The number of hydrogen-bond acceptors (Lipinski definition) is 3. The molecule has 0 N–H and O–H groups in total. The van der Waals surface area contributed by atoms with E-state index in [0.717, 1.165) is 12.8 Å². The predicted molar refractivity (Wildman–Crippen MR) is 70.4 cm³/mol. The van der Waals surface area contributed by atoms with Gasteiger partial charge in [0.05, 0.1) is 17.9 Å². The zero-order valence-electron chi connectivity index (χ0n) is 10.7. The Balaban J connectivity index is 2.44. The SMILES string of the molecule is Cc1nn(CCCl)c(C)c1S(=O)(=O)N1CCCC1. The molecule has 0 atom stereocenters. The van der Waals surface area contributed by atoms with Gasteiger partial charge in [-0.05, 0) is 26.7 Å². The summed E-state index contributed by atoms with van der Waals surface area (Å²) in [6.07, 6.45) is 1.88. The number of alkyl halides is 1. The Morgan fingerprint density at radius 3 is 2.44 bits per heavy atom. The lowest BCUT2D eigenvalue weighted by Crippen LogP contribution is -2.28.